The molecular weight excluding hydrogens is 268 g/mol. The highest BCUT2D eigenvalue weighted by Crippen LogP contribution is 2.19. The summed E-state index contributed by atoms with van der Waals surface area (Å²) in [7, 11) is 1.40. The van der Waals surface area contributed by atoms with E-state index in [1.165, 1.54) is 7.11 Å². The van der Waals surface area contributed by atoms with Gasteiger partial charge in [0.05, 0.1) is 18.5 Å². The lowest BCUT2D eigenvalue weighted by Crippen LogP contribution is -2.34. The lowest BCUT2D eigenvalue weighted by atomic mass is 10.1. The normalized spacial score (nSPS) is 10.7. The molecule has 0 saturated heterocycles. The van der Waals surface area contributed by atoms with Crippen LogP contribution in [0.15, 0.2) is 36.5 Å². The Kier molecular flexibility index (Phi) is 4.94. The van der Waals surface area contributed by atoms with Gasteiger partial charge in [0.25, 0.3) is 0 Å². The number of hydrogen-bond acceptors (Lipinski definition) is 3. The Labute approximate surface area is 124 Å². The number of nitrogens with zero attached hydrogens (tertiary/aromatic N) is 2. The number of aromatic nitrogens is 2. The molecule has 0 saturated carbocycles. The minimum atomic E-state index is -0.375. The summed E-state index contributed by atoms with van der Waals surface area (Å²) in [6.45, 7) is 4.56. The molecule has 2 N–H and O–H groups in total. The van der Waals surface area contributed by atoms with Crippen molar-refractivity contribution in [3.63, 3.8) is 0 Å². The SMILES string of the molecule is CONC(=O)NCc1cn(-c2ccccc2)nc1C(C)C. The lowest BCUT2D eigenvalue weighted by Gasteiger charge is -2.07. The maximum Gasteiger partial charge on any atom is 0.338 e. The van der Waals surface area contributed by atoms with Crippen molar-refractivity contribution >= 4 is 6.03 Å². The Bertz CT molecular complexity index is 593. The Balaban J connectivity index is 2.20. The van der Waals surface area contributed by atoms with E-state index in [2.05, 4.69) is 34.6 Å². The number of nitrogens with one attached hydrogen (secondary N) is 2. The molecule has 21 heavy (non-hydrogen) atoms. The van der Waals surface area contributed by atoms with Gasteiger partial charge in [-0.15, -0.1) is 0 Å². The molecule has 1 aromatic heterocycles. The Morgan fingerprint density at radius 2 is 2.05 bits per heavy atom. The number of rotatable bonds is 5. The molecule has 1 heterocycles. The van der Waals surface area contributed by atoms with E-state index in [9.17, 15) is 4.79 Å². The first-order chi connectivity index (χ1) is 10.1. The van der Waals surface area contributed by atoms with E-state index in [0.717, 1.165) is 16.9 Å². The quantitative estimate of drug-likeness (QED) is 0.830. The first kappa shape index (κ1) is 15.1. The summed E-state index contributed by atoms with van der Waals surface area (Å²) in [6, 6.07) is 9.51. The summed E-state index contributed by atoms with van der Waals surface area (Å²) < 4.78 is 1.83. The topological polar surface area (TPSA) is 68.2 Å². The molecular formula is C15H20N4O2. The molecule has 6 nitrogen and oxygen atoms in total. The fourth-order valence-corrected chi connectivity index (χ4v) is 2.06. The number of carbonyl (C=O) groups is 1. The molecule has 0 unspecified atom stereocenters. The third-order valence-electron chi connectivity index (χ3n) is 3.02. The van der Waals surface area contributed by atoms with Gasteiger partial charge in [0.15, 0.2) is 0 Å². The van der Waals surface area contributed by atoms with Crippen molar-refractivity contribution in [3.8, 4) is 5.69 Å². The van der Waals surface area contributed by atoms with Gasteiger partial charge in [-0.2, -0.15) is 5.10 Å². The van der Waals surface area contributed by atoms with Gasteiger partial charge in [0.2, 0.25) is 0 Å². The van der Waals surface area contributed by atoms with Crippen LogP contribution >= 0.6 is 0 Å². The highest BCUT2D eigenvalue weighted by Gasteiger charge is 2.14. The molecule has 0 aliphatic heterocycles. The van der Waals surface area contributed by atoms with Crippen molar-refractivity contribution in [1.29, 1.82) is 0 Å². The Morgan fingerprint density at radius 3 is 2.67 bits per heavy atom. The monoisotopic (exact) mass is 288 g/mol. The molecule has 0 aliphatic rings. The zero-order chi connectivity index (χ0) is 15.2. The predicted molar refractivity (Wildman–Crippen MR) is 80.0 cm³/mol. The van der Waals surface area contributed by atoms with Crippen LogP contribution in [-0.4, -0.2) is 22.9 Å². The van der Waals surface area contributed by atoms with Gasteiger partial charge in [-0.25, -0.2) is 15.0 Å². The van der Waals surface area contributed by atoms with Crippen molar-refractivity contribution in [1.82, 2.24) is 20.6 Å². The van der Waals surface area contributed by atoms with Crippen LogP contribution < -0.4 is 10.8 Å². The van der Waals surface area contributed by atoms with Crippen molar-refractivity contribution in [2.45, 2.75) is 26.3 Å². The van der Waals surface area contributed by atoms with Gasteiger partial charge in [0.1, 0.15) is 0 Å². The number of hydroxylamine groups is 1. The molecule has 0 aliphatic carbocycles. The number of carbonyl (C=O) groups excluding carboxylic acids is 1. The van der Waals surface area contributed by atoms with E-state index in [1.54, 1.807) is 0 Å². The van der Waals surface area contributed by atoms with Gasteiger partial charge in [-0.05, 0) is 18.1 Å². The van der Waals surface area contributed by atoms with Gasteiger partial charge < -0.3 is 5.32 Å². The molecule has 2 aromatic rings. The fraction of sp³-hybridized carbons (Fsp3) is 0.333. The van der Waals surface area contributed by atoms with E-state index in [0.29, 0.717) is 6.54 Å². The molecule has 1 aromatic carbocycles. The van der Waals surface area contributed by atoms with Crippen molar-refractivity contribution in [3.05, 3.63) is 47.8 Å². The van der Waals surface area contributed by atoms with E-state index >= 15 is 0 Å². The van der Waals surface area contributed by atoms with Crippen molar-refractivity contribution in [2.75, 3.05) is 7.11 Å². The molecule has 2 rings (SSSR count). The second kappa shape index (κ2) is 6.90. The van der Waals surface area contributed by atoms with Crippen LogP contribution in [0.5, 0.6) is 0 Å². The zero-order valence-corrected chi connectivity index (χ0v) is 12.5. The first-order valence-electron chi connectivity index (χ1n) is 6.82. The number of amides is 2. The van der Waals surface area contributed by atoms with Gasteiger partial charge in [-0.1, -0.05) is 32.0 Å². The molecule has 2 amide bonds. The molecule has 6 heteroatoms. The third-order valence-corrected chi connectivity index (χ3v) is 3.02. The highest BCUT2D eigenvalue weighted by atomic mass is 16.6. The van der Waals surface area contributed by atoms with E-state index in [-0.39, 0.29) is 11.9 Å². The molecule has 0 spiro atoms. The molecule has 0 fully saturated rings. The summed E-state index contributed by atoms with van der Waals surface area (Å²) in [5, 5.41) is 7.35. The van der Waals surface area contributed by atoms with Crippen LogP contribution in [0.2, 0.25) is 0 Å². The number of para-hydroxylation sites is 1. The average Bonchev–Trinajstić information content (AvgIpc) is 2.91. The number of hydrogen-bond donors (Lipinski definition) is 2. The van der Waals surface area contributed by atoms with E-state index < -0.39 is 0 Å². The van der Waals surface area contributed by atoms with Crippen LogP contribution in [0.3, 0.4) is 0 Å². The van der Waals surface area contributed by atoms with E-state index in [4.69, 9.17) is 0 Å². The highest BCUT2D eigenvalue weighted by molar-refractivity contribution is 5.72. The number of urea groups is 1. The second-order valence-corrected chi connectivity index (χ2v) is 4.96. The van der Waals surface area contributed by atoms with Gasteiger partial charge in [0, 0.05) is 18.3 Å². The summed E-state index contributed by atoms with van der Waals surface area (Å²) in [5.41, 5.74) is 5.17. The number of benzene rings is 1. The van der Waals surface area contributed by atoms with Gasteiger partial charge >= 0.3 is 6.03 Å². The van der Waals surface area contributed by atoms with Crippen molar-refractivity contribution in [2.24, 2.45) is 0 Å². The third kappa shape index (κ3) is 3.82. The standard InChI is InChI=1S/C15H20N4O2/c1-11(2)14-12(9-16-15(20)18-21-3)10-19(17-14)13-7-5-4-6-8-13/h4-8,10-11H,9H2,1-3H3,(H2,16,18,20). The molecule has 0 bridgehead atoms. The second-order valence-electron chi connectivity index (χ2n) is 4.96. The van der Waals surface area contributed by atoms with Crippen molar-refractivity contribution < 1.29 is 9.63 Å². The minimum Gasteiger partial charge on any atom is -0.332 e. The van der Waals surface area contributed by atoms with Gasteiger partial charge in [-0.3, -0.25) is 4.84 Å². The van der Waals surface area contributed by atoms with Crippen LogP contribution in [0.1, 0.15) is 31.0 Å². The largest absolute Gasteiger partial charge is 0.338 e. The Morgan fingerprint density at radius 1 is 1.33 bits per heavy atom. The maximum absolute atomic E-state index is 11.4. The summed E-state index contributed by atoms with van der Waals surface area (Å²) in [4.78, 5) is 16.0. The summed E-state index contributed by atoms with van der Waals surface area (Å²) in [5.74, 6) is 0.275. The maximum atomic E-state index is 11.4. The Hall–Kier alpha value is -2.34. The lowest BCUT2D eigenvalue weighted by molar-refractivity contribution is 0.107. The average molecular weight is 288 g/mol. The van der Waals surface area contributed by atoms with E-state index in [1.807, 2.05) is 41.2 Å². The summed E-state index contributed by atoms with van der Waals surface area (Å²) >= 11 is 0. The van der Waals surface area contributed by atoms with Crippen LogP contribution in [0.4, 0.5) is 4.79 Å². The summed E-state index contributed by atoms with van der Waals surface area (Å²) in [6.07, 6.45) is 1.94. The predicted octanol–water partition coefficient (Wildman–Crippen LogP) is 2.36. The molecule has 112 valence electrons. The first-order valence-corrected chi connectivity index (χ1v) is 6.82. The molecule has 0 radical (unpaired) electrons. The zero-order valence-electron chi connectivity index (χ0n) is 12.5. The van der Waals surface area contributed by atoms with Crippen LogP contribution in [0, 0.1) is 0 Å². The minimum absolute atomic E-state index is 0.275. The van der Waals surface area contributed by atoms with Crippen LogP contribution in [0.25, 0.3) is 5.69 Å². The fourth-order valence-electron chi connectivity index (χ4n) is 2.06. The smallest absolute Gasteiger partial charge is 0.332 e. The van der Waals surface area contributed by atoms with Crippen LogP contribution in [-0.2, 0) is 11.4 Å². The molecule has 0 atom stereocenters.